The molecule has 0 aromatic carbocycles. The molecule has 0 spiro atoms. The number of ether oxygens (including phenoxy) is 2. The van der Waals surface area contributed by atoms with Crippen molar-refractivity contribution in [1.29, 1.82) is 5.26 Å². The Bertz CT molecular complexity index is 475. The second-order valence-electron chi connectivity index (χ2n) is 6.64. The molecule has 0 saturated heterocycles. The summed E-state index contributed by atoms with van der Waals surface area (Å²) in [6, 6.07) is 2.62. The zero-order valence-corrected chi connectivity index (χ0v) is 18.8. The molecule has 8 nitrogen and oxygen atoms in total. The van der Waals surface area contributed by atoms with E-state index in [1.165, 1.54) is 0 Å². The molecular weight excluding hydrogens is 381 g/mol. The van der Waals surface area contributed by atoms with Crippen LogP contribution in [0.5, 0.6) is 0 Å². The highest BCUT2D eigenvalue weighted by molar-refractivity contribution is 7.44. The summed E-state index contributed by atoms with van der Waals surface area (Å²) in [5.74, 6) is -0.165. The average molecular weight is 417 g/mol. The predicted molar refractivity (Wildman–Crippen MR) is 111 cm³/mol. The summed E-state index contributed by atoms with van der Waals surface area (Å²) in [4.78, 5) is 11.3. The molecule has 9 heteroatoms. The van der Waals surface area contributed by atoms with Gasteiger partial charge in [-0.3, -0.25) is 4.79 Å². The quantitative estimate of drug-likeness (QED) is 0.221. The summed E-state index contributed by atoms with van der Waals surface area (Å²) >= 11 is 0. The minimum absolute atomic E-state index is 0.165. The van der Waals surface area contributed by atoms with Crippen LogP contribution in [-0.2, 0) is 23.3 Å². The molecule has 0 fully saturated rings. The van der Waals surface area contributed by atoms with E-state index in [9.17, 15) is 4.79 Å². The van der Waals surface area contributed by atoms with Gasteiger partial charge in [0.2, 0.25) is 5.91 Å². The predicted octanol–water partition coefficient (Wildman–Crippen LogP) is 3.00. The molecule has 0 aliphatic rings. The van der Waals surface area contributed by atoms with Gasteiger partial charge in [0.15, 0.2) is 0 Å². The summed E-state index contributed by atoms with van der Waals surface area (Å²) in [6.45, 7) is 16.6. The molecule has 0 rings (SSSR count). The van der Waals surface area contributed by atoms with Crippen LogP contribution in [0.3, 0.4) is 0 Å². The number of nitrogens with one attached hydrogen (secondary N) is 1. The molecule has 1 amide bonds. The fraction of sp³-hybridized carbons (Fsp3) is 0.789. The Morgan fingerprint density at radius 1 is 1.04 bits per heavy atom. The number of hydrogen-bond acceptors (Lipinski definition) is 7. The smallest absolute Gasteiger partial charge is 0.259 e. The highest BCUT2D eigenvalue weighted by Gasteiger charge is 2.26. The van der Waals surface area contributed by atoms with Gasteiger partial charge in [-0.2, -0.15) is 5.26 Å². The maximum atomic E-state index is 11.3. The first-order valence-corrected chi connectivity index (χ1v) is 10.7. The van der Waals surface area contributed by atoms with Crippen molar-refractivity contribution in [3.05, 3.63) is 12.2 Å². The molecule has 28 heavy (non-hydrogen) atoms. The number of rotatable bonds is 17. The highest BCUT2D eigenvalue weighted by atomic mass is 31.2. The molecule has 1 unspecified atom stereocenters. The van der Waals surface area contributed by atoms with Gasteiger partial charge >= 0.3 is 0 Å². The Labute approximate surface area is 171 Å². The van der Waals surface area contributed by atoms with E-state index in [2.05, 4.69) is 50.3 Å². The van der Waals surface area contributed by atoms with Gasteiger partial charge in [-0.15, -0.1) is 0 Å². The van der Waals surface area contributed by atoms with Crippen LogP contribution in [0.25, 0.3) is 0 Å². The third-order valence-electron chi connectivity index (χ3n) is 3.38. The van der Waals surface area contributed by atoms with Crippen molar-refractivity contribution in [1.82, 2.24) is 9.99 Å². The second kappa shape index (κ2) is 16.8. The zero-order chi connectivity index (χ0) is 21.4. The molecule has 0 radical (unpaired) electrons. The Morgan fingerprint density at radius 2 is 1.57 bits per heavy atom. The van der Waals surface area contributed by atoms with Crippen LogP contribution in [0, 0.1) is 11.3 Å². The molecule has 0 saturated carbocycles. The van der Waals surface area contributed by atoms with Crippen molar-refractivity contribution in [3.8, 4) is 6.07 Å². The summed E-state index contributed by atoms with van der Waals surface area (Å²) < 4.78 is 24.8. The second-order valence-corrected chi connectivity index (χ2v) is 8.09. The number of hydrogen-bond donors (Lipinski definition) is 1. The summed E-state index contributed by atoms with van der Waals surface area (Å²) in [5, 5.41) is 11.4. The van der Waals surface area contributed by atoms with Crippen LogP contribution in [0.15, 0.2) is 12.2 Å². The van der Waals surface area contributed by atoms with Gasteiger partial charge in [0.25, 0.3) is 8.53 Å². The maximum absolute atomic E-state index is 11.3. The van der Waals surface area contributed by atoms with Gasteiger partial charge in [-0.25, -0.2) is 4.67 Å². The fourth-order valence-corrected chi connectivity index (χ4v) is 3.77. The topological polar surface area (TPSA) is 93.0 Å². The monoisotopic (exact) mass is 417 g/mol. The van der Waals surface area contributed by atoms with Crippen molar-refractivity contribution >= 4 is 14.4 Å². The molecule has 162 valence electrons. The van der Waals surface area contributed by atoms with E-state index in [0.717, 1.165) is 0 Å². The van der Waals surface area contributed by atoms with Gasteiger partial charge in [-0.05, 0) is 34.6 Å². The van der Waals surface area contributed by atoms with E-state index < -0.39 is 8.53 Å². The van der Waals surface area contributed by atoms with Crippen LogP contribution in [0.1, 0.15) is 41.0 Å². The van der Waals surface area contributed by atoms with E-state index in [0.29, 0.717) is 58.2 Å². The maximum Gasteiger partial charge on any atom is 0.259 e. The van der Waals surface area contributed by atoms with Crippen LogP contribution in [-0.4, -0.2) is 68.8 Å². The number of carbonyl (C=O) groups excluding carboxylic acids is 1. The standard InChI is InChI=1S/C19H36N3O5P/c1-16(2)19(23)21-9-11-24-12-13-25-14-15-27-28(26-10-7-8-20)22(17(3)4)18(5)6/h17-18H,1,7,9-15H2,2-6H3,(H,21,23). The summed E-state index contributed by atoms with van der Waals surface area (Å²) in [6.07, 6.45) is 0.340. The van der Waals surface area contributed by atoms with Gasteiger partial charge in [0, 0.05) is 24.2 Å². The largest absolute Gasteiger partial charge is 0.377 e. The minimum Gasteiger partial charge on any atom is -0.377 e. The fourth-order valence-electron chi connectivity index (χ4n) is 2.20. The normalized spacial score (nSPS) is 12.4. The van der Waals surface area contributed by atoms with Crippen molar-refractivity contribution < 1.29 is 23.3 Å². The van der Waals surface area contributed by atoms with E-state index >= 15 is 0 Å². The van der Waals surface area contributed by atoms with Crippen LogP contribution < -0.4 is 5.32 Å². The van der Waals surface area contributed by atoms with E-state index in [1.807, 2.05) is 0 Å². The molecular formula is C19H36N3O5P. The molecule has 0 aliphatic heterocycles. The molecule has 1 N–H and O–H groups in total. The van der Waals surface area contributed by atoms with E-state index in [1.54, 1.807) is 6.92 Å². The first-order valence-electron chi connectivity index (χ1n) is 9.61. The average Bonchev–Trinajstić information content (AvgIpc) is 2.62. The van der Waals surface area contributed by atoms with Gasteiger partial charge in [0.1, 0.15) is 0 Å². The zero-order valence-electron chi connectivity index (χ0n) is 17.9. The first kappa shape index (κ1) is 26.9. The minimum atomic E-state index is -1.24. The van der Waals surface area contributed by atoms with Gasteiger partial charge < -0.3 is 23.8 Å². The Kier molecular flexibility index (Phi) is 16.2. The summed E-state index contributed by atoms with van der Waals surface area (Å²) in [7, 11) is -1.24. The molecule has 0 aliphatic carbocycles. The summed E-state index contributed by atoms with van der Waals surface area (Å²) in [5.41, 5.74) is 0.480. The van der Waals surface area contributed by atoms with Gasteiger partial charge in [0.05, 0.1) is 52.1 Å². The number of amides is 1. The molecule has 1 atom stereocenters. The van der Waals surface area contributed by atoms with E-state index in [-0.39, 0.29) is 18.0 Å². The lowest BCUT2D eigenvalue weighted by atomic mass is 10.3. The Balaban J connectivity index is 3.96. The highest BCUT2D eigenvalue weighted by Crippen LogP contribution is 2.45. The van der Waals surface area contributed by atoms with Crippen LogP contribution in [0.2, 0.25) is 0 Å². The number of nitriles is 1. The molecule has 0 aromatic rings. The Hall–Kier alpha value is -1.07. The third kappa shape index (κ3) is 13.2. The Morgan fingerprint density at radius 3 is 2.11 bits per heavy atom. The molecule has 0 bridgehead atoms. The van der Waals surface area contributed by atoms with Gasteiger partial charge in [-0.1, -0.05) is 6.58 Å². The molecule has 0 aromatic heterocycles. The number of nitrogens with zero attached hydrogens (tertiary/aromatic N) is 2. The van der Waals surface area contributed by atoms with Crippen molar-refractivity contribution in [2.75, 3.05) is 46.2 Å². The van der Waals surface area contributed by atoms with E-state index in [4.69, 9.17) is 23.8 Å². The SMILES string of the molecule is C=C(C)C(=O)NCCOCCOCCOP(OCCC#N)N(C(C)C)C(C)C. The van der Waals surface area contributed by atoms with Crippen molar-refractivity contribution in [2.45, 2.75) is 53.1 Å². The van der Waals surface area contributed by atoms with Crippen LogP contribution in [0.4, 0.5) is 0 Å². The van der Waals surface area contributed by atoms with Crippen LogP contribution >= 0.6 is 8.53 Å². The lowest BCUT2D eigenvalue weighted by Crippen LogP contribution is -2.34. The lowest BCUT2D eigenvalue weighted by Gasteiger charge is -2.35. The number of carbonyl (C=O) groups is 1. The molecule has 0 heterocycles. The van der Waals surface area contributed by atoms with Crippen molar-refractivity contribution in [3.63, 3.8) is 0 Å². The first-order chi connectivity index (χ1) is 13.3. The third-order valence-corrected chi connectivity index (χ3v) is 5.49. The lowest BCUT2D eigenvalue weighted by molar-refractivity contribution is -0.117. The van der Waals surface area contributed by atoms with Crippen molar-refractivity contribution in [2.24, 2.45) is 0 Å².